The van der Waals surface area contributed by atoms with E-state index in [1.54, 1.807) is 11.8 Å². The summed E-state index contributed by atoms with van der Waals surface area (Å²) < 4.78 is 0. The molecule has 26 heavy (non-hydrogen) atoms. The topological polar surface area (TPSA) is 105 Å². The second-order valence-electron chi connectivity index (χ2n) is 5.69. The van der Waals surface area contributed by atoms with Crippen molar-refractivity contribution in [3.63, 3.8) is 0 Å². The first-order valence-electron chi connectivity index (χ1n) is 8.12. The van der Waals surface area contributed by atoms with Crippen molar-refractivity contribution in [3.8, 4) is 0 Å². The van der Waals surface area contributed by atoms with Crippen molar-refractivity contribution < 1.29 is 0 Å². The number of rotatable bonds is 5. The molecule has 4 N–H and O–H groups in total. The second kappa shape index (κ2) is 7.01. The molecular weight excluding hydrogens is 346 g/mol. The van der Waals surface area contributed by atoms with E-state index in [9.17, 15) is 0 Å². The van der Waals surface area contributed by atoms with Crippen LogP contribution in [0.4, 0.5) is 17.6 Å². The molecule has 0 spiro atoms. The van der Waals surface area contributed by atoms with Crippen molar-refractivity contribution in [3.05, 3.63) is 60.4 Å². The number of aromatic nitrogens is 5. The van der Waals surface area contributed by atoms with Crippen LogP contribution in [0.2, 0.25) is 0 Å². The van der Waals surface area contributed by atoms with E-state index in [-0.39, 0.29) is 11.2 Å². The molecular formula is C18H17N7S. The van der Waals surface area contributed by atoms with Crippen LogP contribution >= 0.6 is 11.8 Å². The third kappa shape index (κ3) is 3.60. The molecule has 2 aromatic heterocycles. The average Bonchev–Trinajstić information content (AvgIpc) is 3.04. The zero-order chi connectivity index (χ0) is 17.9. The molecule has 2 aromatic carbocycles. The highest BCUT2D eigenvalue weighted by atomic mass is 32.2. The molecule has 0 radical (unpaired) electrons. The van der Waals surface area contributed by atoms with Gasteiger partial charge in [-0.15, -0.1) is 0 Å². The van der Waals surface area contributed by atoms with Crippen molar-refractivity contribution in [2.45, 2.75) is 17.3 Å². The lowest BCUT2D eigenvalue weighted by molar-refractivity contribution is 0.890. The van der Waals surface area contributed by atoms with Crippen LogP contribution in [-0.4, -0.2) is 24.9 Å². The number of nitrogen functional groups attached to an aromatic ring is 1. The van der Waals surface area contributed by atoms with E-state index in [4.69, 9.17) is 5.73 Å². The highest BCUT2D eigenvalue weighted by Crippen LogP contribution is 2.33. The predicted octanol–water partition coefficient (Wildman–Crippen LogP) is 3.93. The largest absolute Gasteiger partial charge is 0.368 e. The fourth-order valence-corrected chi connectivity index (χ4v) is 3.37. The molecule has 0 fully saturated rings. The molecule has 0 saturated carbocycles. The molecule has 7 nitrogen and oxygen atoms in total. The van der Waals surface area contributed by atoms with Gasteiger partial charge in [-0.3, -0.25) is 0 Å². The lowest BCUT2D eigenvalue weighted by Gasteiger charge is -2.11. The van der Waals surface area contributed by atoms with Gasteiger partial charge in [-0.25, -0.2) is 4.98 Å². The number of fused-ring (bicyclic) bond motifs is 1. The van der Waals surface area contributed by atoms with Gasteiger partial charge >= 0.3 is 0 Å². The lowest BCUT2D eigenvalue weighted by atomic mass is 10.3. The minimum absolute atomic E-state index is 0.0443. The summed E-state index contributed by atoms with van der Waals surface area (Å²) in [6, 6.07) is 17.6. The third-order valence-electron chi connectivity index (χ3n) is 3.72. The third-order valence-corrected chi connectivity index (χ3v) is 4.70. The van der Waals surface area contributed by atoms with Crippen LogP contribution in [0.1, 0.15) is 18.0 Å². The number of thioether (sulfide) groups is 1. The quantitative estimate of drug-likeness (QED) is 0.461. The number of nitrogens with one attached hydrogen (secondary N) is 2. The summed E-state index contributed by atoms with van der Waals surface area (Å²) in [6.07, 6.45) is 0. The Morgan fingerprint density at radius 3 is 2.54 bits per heavy atom. The molecule has 0 aliphatic rings. The Kier molecular flexibility index (Phi) is 4.40. The Balaban J connectivity index is 1.56. The van der Waals surface area contributed by atoms with Crippen molar-refractivity contribution in [2.24, 2.45) is 0 Å². The van der Waals surface area contributed by atoms with Crippen molar-refractivity contribution in [1.29, 1.82) is 0 Å². The predicted molar refractivity (Wildman–Crippen MR) is 104 cm³/mol. The van der Waals surface area contributed by atoms with Crippen molar-refractivity contribution >= 4 is 40.4 Å². The first kappa shape index (κ1) is 16.3. The average molecular weight is 363 g/mol. The number of aromatic amines is 1. The lowest BCUT2D eigenvalue weighted by Crippen LogP contribution is -2.08. The Morgan fingerprint density at radius 1 is 0.962 bits per heavy atom. The fraction of sp³-hybridized carbons (Fsp3) is 0.111. The number of para-hydroxylation sites is 3. The standard InChI is InChI=1S/C18H17N7S/c1-11(26-18-21-13-9-5-6-10-14(13)22-18)15-23-16(19)25-17(24-15)20-12-7-3-2-4-8-12/h2-11H,1H3,(H,21,22)(H3,19,20,23,24,25)/t11-/m0/s1. The monoisotopic (exact) mass is 363 g/mol. The molecule has 0 aliphatic carbocycles. The van der Waals surface area contributed by atoms with E-state index in [0.29, 0.717) is 11.8 Å². The van der Waals surface area contributed by atoms with Crippen molar-refractivity contribution in [2.75, 3.05) is 11.1 Å². The number of benzene rings is 2. The molecule has 0 amide bonds. The Labute approximate surface area is 154 Å². The smallest absolute Gasteiger partial charge is 0.232 e. The van der Waals surface area contributed by atoms with Crippen LogP contribution in [0, 0.1) is 0 Å². The van der Waals surface area contributed by atoms with E-state index in [1.165, 1.54) is 0 Å². The van der Waals surface area contributed by atoms with Crippen LogP contribution in [0.5, 0.6) is 0 Å². The molecule has 0 aliphatic heterocycles. The zero-order valence-electron chi connectivity index (χ0n) is 14.0. The van der Waals surface area contributed by atoms with Gasteiger partial charge in [0.05, 0.1) is 16.3 Å². The summed E-state index contributed by atoms with van der Waals surface area (Å²) >= 11 is 1.54. The molecule has 2 heterocycles. The Bertz CT molecular complexity index is 999. The number of nitrogens with two attached hydrogens (primary N) is 1. The van der Waals surface area contributed by atoms with E-state index in [2.05, 4.69) is 30.2 Å². The second-order valence-corrected chi connectivity index (χ2v) is 7.02. The van der Waals surface area contributed by atoms with E-state index < -0.39 is 0 Å². The highest BCUT2D eigenvalue weighted by molar-refractivity contribution is 7.99. The zero-order valence-corrected chi connectivity index (χ0v) is 14.9. The number of anilines is 3. The van der Waals surface area contributed by atoms with Gasteiger partial charge < -0.3 is 16.0 Å². The van der Waals surface area contributed by atoms with Crippen LogP contribution in [0.3, 0.4) is 0 Å². The maximum Gasteiger partial charge on any atom is 0.232 e. The summed E-state index contributed by atoms with van der Waals surface area (Å²) in [5, 5.41) is 3.92. The Hall–Kier alpha value is -3.13. The molecule has 0 saturated heterocycles. The van der Waals surface area contributed by atoms with E-state index in [0.717, 1.165) is 21.9 Å². The van der Waals surface area contributed by atoms with Gasteiger partial charge in [-0.1, -0.05) is 42.1 Å². The molecule has 8 heteroatoms. The fourth-order valence-electron chi connectivity index (χ4n) is 2.50. The Morgan fingerprint density at radius 2 is 1.73 bits per heavy atom. The summed E-state index contributed by atoms with van der Waals surface area (Å²) in [7, 11) is 0. The molecule has 4 rings (SSSR count). The number of H-pyrrole nitrogens is 1. The van der Waals surface area contributed by atoms with Gasteiger partial charge in [0, 0.05) is 5.69 Å². The SMILES string of the molecule is C[C@H](Sc1nc2ccccc2[nH]1)c1nc(N)nc(Nc2ccccc2)n1. The maximum atomic E-state index is 5.87. The molecule has 4 aromatic rings. The van der Waals surface area contributed by atoms with Crippen LogP contribution < -0.4 is 11.1 Å². The minimum Gasteiger partial charge on any atom is -0.368 e. The molecule has 0 unspecified atom stereocenters. The first-order valence-corrected chi connectivity index (χ1v) is 9.00. The summed E-state index contributed by atoms with van der Waals surface area (Å²) in [5.74, 6) is 1.21. The van der Waals surface area contributed by atoms with Crippen molar-refractivity contribution in [1.82, 2.24) is 24.9 Å². The number of nitrogens with zero attached hydrogens (tertiary/aromatic N) is 4. The molecule has 1 atom stereocenters. The molecule has 130 valence electrons. The van der Waals surface area contributed by atoms with Gasteiger partial charge in [-0.2, -0.15) is 15.0 Å². The summed E-state index contributed by atoms with van der Waals surface area (Å²) in [5.41, 5.74) is 8.70. The normalized spacial score (nSPS) is 12.2. The summed E-state index contributed by atoms with van der Waals surface area (Å²) in [4.78, 5) is 20.8. The van der Waals surface area contributed by atoms with Gasteiger partial charge in [0.2, 0.25) is 11.9 Å². The van der Waals surface area contributed by atoms with E-state index >= 15 is 0 Å². The van der Waals surface area contributed by atoms with Gasteiger partial charge in [0.25, 0.3) is 0 Å². The summed E-state index contributed by atoms with van der Waals surface area (Å²) in [6.45, 7) is 2.01. The number of imidazole rings is 1. The minimum atomic E-state index is -0.0443. The van der Waals surface area contributed by atoms with E-state index in [1.807, 2.05) is 61.5 Å². The van der Waals surface area contributed by atoms with Gasteiger partial charge in [-0.05, 0) is 31.2 Å². The van der Waals surface area contributed by atoms with Crippen LogP contribution in [-0.2, 0) is 0 Å². The van der Waals surface area contributed by atoms with Crippen LogP contribution in [0.15, 0.2) is 59.8 Å². The first-order chi connectivity index (χ1) is 12.7. The van der Waals surface area contributed by atoms with Gasteiger partial charge in [0.1, 0.15) is 5.82 Å². The maximum absolute atomic E-state index is 5.87. The number of hydrogen-bond acceptors (Lipinski definition) is 7. The molecule has 0 bridgehead atoms. The van der Waals surface area contributed by atoms with Gasteiger partial charge in [0.15, 0.2) is 5.16 Å². The highest BCUT2D eigenvalue weighted by Gasteiger charge is 2.16. The van der Waals surface area contributed by atoms with Crippen LogP contribution in [0.25, 0.3) is 11.0 Å². The number of hydrogen-bond donors (Lipinski definition) is 3.